The van der Waals surface area contributed by atoms with Gasteiger partial charge in [-0.05, 0) is 61.2 Å². The number of phenols is 1. The molecule has 1 N–H and O–H groups in total. The van der Waals surface area contributed by atoms with E-state index in [0.717, 1.165) is 22.3 Å². The van der Waals surface area contributed by atoms with Gasteiger partial charge in [-0.3, -0.25) is 0 Å². The Morgan fingerprint density at radius 2 is 1.65 bits per heavy atom. The number of aromatic hydroxyl groups is 1. The third-order valence-electron chi connectivity index (χ3n) is 2.91. The lowest BCUT2D eigenvalue weighted by Gasteiger charge is -2.12. The summed E-state index contributed by atoms with van der Waals surface area (Å²) >= 11 is 0. The third kappa shape index (κ3) is 2.16. The van der Waals surface area contributed by atoms with Crippen LogP contribution in [0.3, 0.4) is 0 Å². The van der Waals surface area contributed by atoms with Gasteiger partial charge in [-0.1, -0.05) is 12.1 Å². The van der Waals surface area contributed by atoms with Gasteiger partial charge >= 0.3 is 0 Å². The Hall–Kier alpha value is -1.83. The van der Waals surface area contributed by atoms with Gasteiger partial charge in [0.25, 0.3) is 0 Å². The van der Waals surface area contributed by atoms with Crippen LogP contribution in [0.5, 0.6) is 5.75 Å². The Labute approximate surface area is 101 Å². The predicted molar refractivity (Wildman–Crippen MR) is 67.7 cm³/mol. The molecule has 0 heterocycles. The number of aryl methyl sites for hydroxylation is 3. The summed E-state index contributed by atoms with van der Waals surface area (Å²) in [4.78, 5) is 0. The summed E-state index contributed by atoms with van der Waals surface area (Å²) in [6.07, 6.45) is 0. The van der Waals surface area contributed by atoms with E-state index >= 15 is 0 Å². The molecule has 0 aliphatic heterocycles. The molecule has 2 aromatic rings. The number of phenolic OH excluding ortho intramolecular Hbond substituents is 1. The van der Waals surface area contributed by atoms with Crippen LogP contribution >= 0.6 is 0 Å². The topological polar surface area (TPSA) is 20.2 Å². The second-order valence-corrected chi connectivity index (χ2v) is 4.44. The molecule has 0 atom stereocenters. The fraction of sp³-hybridized carbons (Fsp3) is 0.200. The summed E-state index contributed by atoms with van der Waals surface area (Å²) in [5.41, 5.74) is 4.15. The first-order chi connectivity index (χ1) is 7.99. The Morgan fingerprint density at radius 3 is 2.24 bits per heavy atom. The molecule has 0 aliphatic rings. The van der Waals surface area contributed by atoms with Gasteiger partial charge < -0.3 is 5.11 Å². The van der Waals surface area contributed by atoms with E-state index in [1.807, 2.05) is 26.8 Å². The van der Waals surface area contributed by atoms with E-state index in [1.54, 1.807) is 18.2 Å². The average Bonchev–Trinajstić information content (AvgIpc) is 2.19. The van der Waals surface area contributed by atoms with E-state index in [9.17, 15) is 9.50 Å². The van der Waals surface area contributed by atoms with Gasteiger partial charge in [-0.25, -0.2) is 4.39 Å². The largest absolute Gasteiger partial charge is 0.508 e. The number of hydrogen-bond donors (Lipinski definition) is 1. The molecule has 88 valence electrons. The van der Waals surface area contributed by atoms with E-state index in [4.69, 9.17) is 0 Å². The van der Waals surface area contributed by atoms with Crippen LogP contribution in [0.1, 0.15) is 16.7 Å². The summed E-state index contributed by atoms with van der Waals surface area (Å²) in [5, 5.41) is 9.37. The molecular weight excluding hydrogens is 215 g/mol. The molecule has 2 aromatic carbocycles. The van der Waals surface area contributed by atoms with Crippen molar-refractivity contribution in [2.24, 2.45) is 0 Å². The van der Waals surface area contributed by atoms with Gasteiger partial charge in [0.2, 0.25) is 0 Å². The highest BCUT2D eigenvalue weighted by Crippen LogP contribution is 2.31. The fourth-order valence-corrected chi connectivity index (χ4v) is 2.19. The number of hydrogen-bond acceptors (Lipinski definition) is 1. The molecule has 0 saturated carbocycles. The van der Waals surface area contributed by atoms with E-state index < -0.39 is 0 Å². The standard InChI is InChI=1S/C15H15FO/c1-9-6-11(3)15(14(16)7-9)13-5-4-12(17)8-10(13)2/h4-8,17H,1-3H3. The second kappa shape index (κ2) is 4.21. The van der Waals surface area contributed by atoms with Crippen LogP contribution < -0.4 is 0 Å². The minimum atomic E-state index is -0.212. The molecule has 0 amide bonds. The average molecular weight is 230 g/mol. The first kappa shape index (κ1) is 11.6. The molecule has 0 aliphatic carbocycles. The van der Waals surface area contributed by atoms with Crippen molar-refractivity contribution in [3.05, 3.63) is 52.8 Å². The first-order valence-electron chi connectivity index (χ1n) is 5.56. The summed E-state index contributed by atoms with van der Waals surface area (Å²) < 4.78 is 14.0. The van der Waals surface area contributed by atoms with Crippen LogP contribution in [-0.4, -0.2) is 5.11 Å². The molecule has 0 fully saturated rings. The third-order valence-corrected chi connectivity index (χ3v) is 2.91. The van der Waals surface area contributed by atoms with Crippen molar-refractivity contribution >= 4 is 0 Å². The Kier molecular flexibility index (Phi) is 2.88. The minimum absolute atomic E-state index is 0.205. The highest BCUT2D eigenvalue weighted by molar-refractivity contribution is 5.72. The lowest BCUT2D eigenvalue weighted by Crippen LogP contribution is -1.93. The molecule has 0 unspecified atom stereocenters. The molecule has 2 heteroatoms. The molecule has 0 aromatic heterocycles. The van der Waals surface area contributed by atoms with Gasteiger partial charge in [0.1, 0.15) is 11.6 Å². The van der Waals surface area contributed by atoms with Crippen molar-refractivity contribution < 1.29 is 9.50 Å². The summed E-state index contributed by atoms with van der Waals surface area (Å²) in [6, 6.07) is 8.49. The Balaban J connectivity index is 2.68. The van der Waals surface area contributed by atoms with Crippen LogP contribution in [-0.2, 0) is 0 Å². The lowest BCUT2D eigenvalue weighted by atomic mass is 9.94. The predicted octanol–water partition coefficient (Wildman–Crippen LogP) is 4.12. The first-order valence-corrected chi connectivity index (χ1v) is 5.56. The summed E-state index contributed by atoms with van der Waals surface area (Å²) in [7, 11) is 0. The van der Waals surface area contributed by atoms with E-state index in [-0.39, 0.29) is 11.6 Å². The van der Waals surface area contributed by atoms with Crippen LogP contribution in [0.4, 0.5) is 4.39 Å². The van der Waals surface area contributed by atoms with Gasteiger partial charge in [-0.2, -0.15) is 0 Å². The summed E-state index contributed by atoms with van der Waals surface area (Å²) in [6.45, 7) is 5.65. The zero-order chi connectivity index (χ0) is 12.6. The smallest absolute Gasteiger partial charge is 0.131 e. The molecule has 2 rings (SSSR count). The van der Waals surface area contributed by atoms with Crippen LogP contribution in [0.15, 0.2) is 30.3 Å². The van der Waals surface area contributed by atoms with E-state index in [0.29, 0.717) is 5.56 Å². The van der Waals surface area contributed by atoms with Crippen molar-refractivity contribution in [3.63, 3.8) is 0 Å². The SMILES string of the molecule is Cc1cc(C)c(-c2ccc(O)cc2C)c(F)c1. The molecule has 0 radical (unpaired) electrons. The van der Waals surface area contributed by atoms with Crippen LogP contribution in [0.25, 0.3) is 11.1 Å². The maximum atomic E-state index is 14.0. The van der Waals surface area contributed by atoms with E-state index in [1.165, 1.54) is 6.07 Å². The molecule has 17 heavy (non-hydrogen) atoms. The molecule has 0 bridgehead atoms. The van der Waals surface area contributed by atoms with Gasteiger partial charge in [0.05, 0.1) is 0 Å². The zero-order valence-corrected chi connectivity index (χ0v) is 10.2. The molecular formula is C15H15FO. The number of rotatable bonds is 1. The molecule has 0 saturated heterocycles. The maximum absolute atomic E-state index is 14.0. The number of benzene rings is 2. The highest BCUT2D eigenvalue weighted by Gasteiger charge is 2.11. The van der Waals surface area contributed by atoms with Gasteiger partial charge in [0.15, 0.2) is 0 Å². The molecule has 1 nitrogen and oxygen atoms in total. The van der Waals surface area contributed by atoms with Gasteiger partial charge in [0, 0.05) is 5.56 Å². The fourth-order valence-electron chi connectivity index (χ4n) is 2.19. The minimum Gasteiger partial charge on any atom is -0.508 e. The van der Waals surface area contributed by atoms with Crippen molar-refractivity contribution in [1.82, 2.24) is 0 Å². The number of halogens is 1. The monoisotopic (exact) mass is 230 g/mol. The maximum Gasteiger partial charge on any atom is 0.131 e. The van der Waals surface area contributed by atoms with E-state index in [2.05, 4.69) is 0 Å². The van der Waals surface area contributed by atoms with Gasteiger partial charge in [-0.15, -0.1) is 0 Å². The van der Waals surface area contributed by atoms with Crippen LogP contribution in [0, 0.1) is 26.6 Å². The zero-order valence-electron chi connectivity index (χ0n) is 10.2. The lowest BCUT2D eigenvalue weighted by molar-refractivity contribution is 0.475. The Bertz CT molecular complexity index is 550. The second-order valence-electron chi connectivity index (χ2n) is 4.44. The quantitative estimate of drug-likeness (QED) is 0.781. The van der Waals surface area contributed by atoms with Crippen LogP contribution in [0.2, 0.25) is 0 Å². The highest BCUT2D eigenvalue weighted by atomic mass is 19.1. The Morgan fingerprint density at radius 1 is 0.941 bits per heavy atom. The van der Waals surface area contributed by atoms with Crippen molar-refractivity contribution in [3.8, 4) is 16.9 Å². The normalized spacial score (nSPS) is 10.6. The van der Waals surface area contributed by atoms with Crippen molar-refractivity contribution in [2.45, 2.75) is 20.8 Å². The van der Waals surface area contributed by atoms with Crippen molar-refractivity contribution in [1.29, 1.82) is 0 Å². The van der Waals surface area contributed by atoms with Crippen molar-refractivity contribution in [2.75, 3.05) is 0 Å². The molecule has 0 spiro atoms. The summed E-state index contributed by atoms with van der Waals surface area (Å²) in [5.74, 6) is -0.00675.